The Balaban J connectivity index is 2.42. The molecule has 74 valence electrons. The summed E-state index contributed by atoms with van der Waals surface area (Å²) in [7, 11) is 0. The van der Waals surface area contributed by atoms with E-state index in [-0.39, 0.29) is 0 Å². The van der Waals surface area contributed by atoms with Gasteiger partial charge in [-0.15, -0.1) is 22.7 Å². The Morgan fingerprint density at radius 1 is 1.00 bits per heavy atom. The number of carbonyl (C=O) groups excluding carboxylic acids is 1. The highest BCUT2D eigenvalue weighted by atomic mass is 79.9. The topological polar surface area (TPSA) is 17.1 Å². The monoisotopic (exact) mass is 296 g/mol. The highest BCUT2D eigenvalue weighted by molar-refractivity contribution is 9.11. The van der Waals surface area contributed by atoms with Crippen molar-refractivity contribution in [2.75, 3.05) is 0 Å². The molecule has 0 amide bonds. The number of thiophene rings is 2. The van der Waals surface area contributed by atoms with E-state index < -0.39 is 0 Å². The minimum absolute atomic E-state index is 0.793. The Kier molecular flexibility index (Phi) is 2.16. The number of benzene rings is 1. The number of carbonyl (C=O) groups is 1. The lowest BCUT2D eigenvalue weighted by molar-refractivity contribution is 0.112. The molecule has 2 aromatic heterocycles. The Morgan fingerprint density at radius 2 is 1.67 bits per heavy atom. The first-order valence-corrected chi connectivity index (χ1v) is 6.77. The van der Waals surface area contributed by atoms with E-state index in [1.54, 1.807) is 22.7 Å². The lowest BCUT2D eigenvalue weighted by atomic mass is 10.2. The van der Waals surface area contributed by atoms with Crippen LogP contribution in [0.5, 0.6) is 0 Å². The highest BCUT2D eigenvalue weighted by Crippen LogP contribution is 2.35. The third-order valence-corrected chi connectivity index (χ3v) is 4.88. The van der Waals surface area contributed by atoms with Gasteiger partial charge in [-0.3, -0.25) is 4.79 Å². The van der Waals surface area contributed by atoms with Crippen molar-refractivity contribution in [3.63, 3.8) is 0 Å². The third kappa shape index (κ3) is 1.53. The molecule has 0 aliphatic rings. The van der Waals surface area contributed by atoms with Crippen LogP contribution in [0.15, 0.2) is 28.1 Å². The van der Waals surface area contributed by atoms with Gasteiger partial charge < -0.3 is 0 Å². The molecule has 0 unspecified atom stereocenters. The fraction of sp³-hybridized carbons (Fsp3) is 0. The summed E-state index contributed by atoms with van der Waals surface area (Å²) in [6.45, 7) is 0. The summed E-state index contributed by atoms with van der Waals surface area (Å²) in [6, 6.07) is 8.34. The lowest BCUT2D eigenvalue weighted by Crippen LogP contribution is -1.63. The summed E-state index contributed by atoms with van der Waals surface area (Å²) in [5.41, 5.74) is 0. The van der Waals surface area contributed by atoms with Gasteiger partial charge in [0.2, 0.25) is 0 Å². The second-order valence-corrected chi connectivity index (χ2v) is 6.82. The van der Waals surface area contributed by atoms with Crippen molar-refractivity contribution in [1.82, 2.24) is 0 Å². The molecule has 1 nitrogen and oxygen atoms in total. The zero-order chi connectivity index (χ0) is 10.4. The molecule has 0 saturated heterocycles. The predicted molar refractivity (Wildman–Crippen MR) is 70.3 cm³/mol. The van der Waals surface area contributed by atoms with Crippen molar-refractivity contribution >= 4 is 65.1 Å². The normalized spacial score (nSPS) is 11.3. The molecule has 3 rings (SSSR count). The van der Waals surface area contributed by atoms with E-state index in [4.69, 9.17) is 0 Å². The molecule has 0 atom stereocenters. The first-order chi connectivity index (χ1) is 7.26. The lowest BCUT2D eigenvalue weighted by Gasteiger charge is -1.89. The van der Waals surface area contributed by atoms with Crippen LogP contribution in [-0.4, -0.2) is 6.29 Å². The smallest absolute Gasteiger partial charge is 0.160 e. The quantitative estimate of drug-likeness (QED) is 0.595. The molecule has 0 spiro atoms. The summed E-state index contributed by atoms with van der Waals surface area (Å²) in [6.07, 6.45) is 0.911. The molecule has 0 bridgehead atoms. The first kappa shape index (κ1) is 9.51. The standard InChI is InChI=1S/C11H5BrOS2/c12-11-4-7-3-9-6(2-10(7)15-11)1-8(5-13)14-9/h1-5H. The Hall–Kier alpha value is -0.710. The van der Waals surface area contributed by atoms with E-state index >= 15 is 0 Å². The highest BCUT2D eigenvalue weighted by Gasteiger charge is 2.05. The Labute approximate surface area is 102 Å². The zero-order valence-electron chi connectivity index (χ0n) is 7.49. The maximum atomic E-state index is 10.7. The van der Waals surface area contributed by atoms with Crippen LogP contribution in [0.3, 0.4) is 0 Å². The molecule has 0 fully saturated rings. The Bertz CT molecular complexity index is 615. The second kappa shape index (κ2) is 3.40. The fourth-order valence-electron chi connectivity index (χ4n) is 1.62. The molecule has 0 radical (unpaired) electrons. The average Bonchev–Trinajstić information content (AvgIpc) is 2.74. The number of hydrogen-bond donors (Lipinski definition) is 0. The van der Waals surface area contributed by atoms with Gasteiger partial charge >= 0.3 is 0 Å². The third-order valence-electron chi connectivity index (χ3n) is 2.26. The van der Waals surface area contributed by atoms with Crippen LogP contribution < -0.4 is 0 Å². The number of rotatable bonds is 1. The maximum absolute atomic E-state index is 10.7. The largest absolute Gasteiger partial charge is 0.297 e. The maximum Gasteiger partial charge on any atom is 0.160 e. The van der Waals surface area contributed by atoms with E-state index in [0.717, 1.165) is 20.3 Å². The Morgan fingerprint density at radius 3 is 2.40 bits per heavy atom. The van der Waals surface area contributed by atoms with Crippen molar-refractivity contribution in [3.8, 4) is 0 Å². The predicted octanol–water partition coefficient (Wildman–Crippen LogP) is 4.69. The average molecular weight is 297 g/mol. The molecular formula is C11H5BrOS2. The zero-order valence-corrected chi connectivity index (χ0v) is 10.7. The minimum atomic E-state index is 0.793. The molecule has 3 aromatic rings. The molecule has 15 heavy (non-hydrogen) atoms. The first-order valence-electron chi connectivity index (χ1n) is 4.34. The van der Waals surface area contributed by atoms with Crippen LogP contribution in [0.25, 0.3) is 20.2 Å². The van der Waals surface area contributed by atoms with Gasteiger partial charge in [-0.1, -0.05) is 0 Å². The van der Waals surface area contributed by atoms with Gasteiger partial charge in [0.1, 0.15) is 0 Å². The van der Waals surface area contributed by atoms with E-state index in [0.29, 0.717) is 0 Å². The van der Waals surface area contributed by atoms with Gasteiger partial charge in [0, 0.05) is 9.40 Å². The van der Waals surface area contributed by atoms with Gasteiger partial charge in [-0.2, -0.15) is 0 Å². The van der Waals surface area contributed by atoms with E-state index in [1.165, 1.54) is 14.8 Å². The minimum Gasteiger partial charge on any atom is -0.297 e. The number of aldehydes is 1. The van der Waals surface area contributed by atoms with Gasteiger partial charge in [-0.05, 0) is 51.0 Å². The molecule has 1 aromatic carbocycles. The van der Waals surface area contributed by atoms with Crippen molar-refractivity contribution in [2.24, 2.45) is 0 Å². The molecule has 4 heteroatoms. The summed E-state index contributed by atoms with van der Waals surface area (Å²) in [5, 5.41) is 2.39. The van der Waals surface area contributed by atoms with Crippen molar-refractivity contribution in [3.05, 3.63) is 32.9 Å². The van der Waals surface area contributed by atoms with Gasteiger partial charge in [0.25, 0.3) is 0 Å². The van der Waals surface area contributed by atoms with Gasteiger partial charge in [0.05, 0.1) is 8.66 Å². The van der Waals surface area contributed by atoms with E-state index in [1.807, 2.05) is 6.07 Å². The van der Waals surface area contributed by atoms with E-state index in [2.05, 4.69) is 34.1 Å². The summed E-state index contributed by atoms with van der Waals surface area (Å²) in [5.74, 6) is 0. The van der Waals surface area contributed by atoms with Crippen molar-refractivity contribution in [2.45, 2.75) is 0 Å². The molecule has 0 N–H and O–H groups in total. The summed E-state index contributed by atoms with van der Waals surface area (Å²) >= 11 is 6.74. The van der Waals surface area contributed by atoms with Crippen molar-refractivity contribution in [1.29, 1.82) is 0 Å². The molecule has 0 saturated carbocycles. The number of halogens is 1. The molecule has 0 aliphatic carbocycles. The second-order valence-electron chi connectivity index (χ2n) is 3.24. The summed E-state index contributed by atoms with van der Waals surface area (Å²) < 4.78 is 3.57. The fourth-order valence-corrected chi connectivity index (χ4v) is 4.12. The van der Waals surface area contributed by atoms with Crippen LogP contribution in [0.4, 0.5) is 0 Å². The summed E-state index contributed by atoms with van der Waals surface area (Å²) in [4.78, 5) is 11.5. The van der Waals surface area contributed by atoms with Gasteiger partial charge in [0.15, 0.2) is 6.29 Å². The van der Waals surface area contributed by atoms with Crippen LogP contribution in [-0.2, 0) is 0 Å². The SMILES string of the molecule is O=Cc1cc2cc3sc(Br)cc3cc2s1. The molecule has 0 aliphatic heterocycles. The van der Waals surface area contributed by atoms with Gasteiger partial charge in [-0.25, -0.2) is 0 Å². The molecule has 2 heterocycles. The number of fused-ring (bicyclic) bond motifs is 2. The van der Waals surface area contributed by atoms with Crippen LogP contribution in [0.2, 0.25) is 0 Å². The van der Waals surface area contributed by atoms with Crippen LogP contribution >= 0.6 is 38.6 Å². The van der Waals surface area contributed by atoms with Crippen LogP contribution in [0, 0.1) is 0 Å². The molecular weight excluding hydrogens is 292 g/mol. The van der Waals surface area contributed by atoms with Crippen LogP contribution in [0.1, 0.15) is 9.67 Å². The number of hydrogen-bond acceptors (Lipinski definition) is 3. The van der Waals surface area contributed by atoms with Crippen molar-refractivity contribution < 1.29 is 4.79 Å². The van der Waals surface area contributed by atoms with E-state index in [9.17, 15) is 4.79 Å².